The molecule has 0 saturated carbocycles. The fourth-order valence-electron chi connectivity index (χ4n) is 2.50. The predicted octanol–water partition coefficient (Wildman–Crippen LogP) is 2.86. The van der Waals surface area contributed by atoms with Crippen LogP contribution in [-0.2, 0) is 11.2 Å². The number of hydrogen-bond donors (Lipinski definition) is 1. The van der Waals surface area contributed by atoms with E-state index in [4.69, 9.17) is 10.3 Å². The molecule has 1 aliphatic rings. The van der Waals surface area contributed by atoms with Crippen LogP contribution in [0.1, 0.15) is 25.2 Å². The highest BCUT2D eigenvalue weighted by molar-refractivity contribution is 9.10. The first-order chi connectivity index (χ1) is 10.6. The van der Waals surface area contributed by atoms with Crippen LogP contribution in [0.2, 0.25) is 0 Å². The van der Waals surface area contributed by atoms with Gasteiger partial charge in [0.05, 0.1) is 4.88 Å². The van der Waals surface area contributed by atoms with Crippen LogP contribution < -0.4 is 5.73 Å². The molecule has 1 atom stereocenters. The van der Waals surface area contributed by atoms with Crippen LogP contribution in [0.3, 0.4) is 0 Å². The number of halogens is 2. The highest BCUT2D eigenvalue weighted by atomic mass is 79.9. The number of nitrogens with two attached hydrogens (primary N) is 1. The molecule has 0 bridgehead atoms. The van der Waals surface area contributed by atoms with Gasteiger partial charge in [-0.1, -0.05) is 5.16 Å². The number of likely N-dealkylation sites (tertiary alicyclic amines) is 1. The third-order valence-corrected chi connectivity index (χ3v) is 5.31. The Morgan fingerprint density at radius 3 is 3.09 bits per heavy atom. The molecule has 1 fully saturated rings. The molecule has 1 amide bonds. The maximum Gasteiger partial charge on any atom is 0.227 e. The summed E-state index contributed by atoms with van der Waals surface area (Å²) >= 11 is 4.94. The Kier molecular flexibility index (Phi) is 6.58. The summed E-state index contributed by atoms with van der Waals surface area (Å²) in [5.41, 5.74) is 5.90. The number of piperidine rings is 1. The molecule has 2 aromatic rings. The molecular weight excluding hydrogens is 404 g/mol. The van der Waals surface area contributed by atoms with Crippen molar-refractivity contribution in [2.45, 2.75) is 31.7 Å². The lowest BCUT2D eigenvalue weighted by Crippen LogP contribution is -2.45. The van der Waals surface area contributed by atoms with E-state index >= 15 is 0 Å². The molecule has 126 valence electrons. The third kappa shape index (κ3) is 4.76. The molecule has 2 N–H and O–H groups in total. The number of aromatic nitrogens is 2. The Labute approximate surface area is 153 Å². The number of rotatable bonds is 4. The van der Waals surface area contributed by atoms with Crippen LogP contribution in [0.5, 0.6) is 0 Å². The second-order valence-corrected chi connectivity index (χ2v) is 7.21. The average Bonchev–Trinajstić information content (AvgIpc) is 3.13. The van der Waals surface area contributed by atoms with Crippen molar-refractivity contribution in [1.82, 2.24) is 15.0 Å². The van der Waals surface area contributed by atoms with Crippen molar-refractivity contribution >= 4 is 45.6 Å². The topological polar surface area (TPSA) is 85.2 Å². The summed E-state index contributed by atoms with van der Waals surface area (Å²) in [4.78, 5) is 19.3. The van der Waals surface area contributed by atoms with Crippen LogP contribution in [0.25, 0.3) is 10.7 Å². The van der Waals surface area contributed by atoms with Gasteiger partial charge in [-0.25, -0.2) is 0 Å². The van der Waals surface area contributed by atoms with Crippen LogP contribution >= 0.6 is 39.7 Å². The fourth-order valence-corrected chi connectivity index (χ4v) is 3.85. The monoisotopic (exact) mass is 420 g/mol. The molecule has 23 heavy (non-hydrogen) atoms. The maximum absolute atomic E-state index is 12.2. The van der Waals surface area contributed by atoms with E-state index in [1.54, 1.807) is 11.3 Å². The van der Waals surface area contributed by atoms with E-state index in [-0.39, 0.29) is 24.4 Å². The van der Waals surface area contributed by atoms with Crippen molar-refractivity contribution in [3.63, 3.8) is 0 Å². The molecule has 2 aromatic heterocycles. The van der Waals surface area contributed by atoms with Gasteiger partial charge in [-0.15, -0.1) is 23.7 Å². The molecule has 0 aromatic carbocycles. The molecule has 1 unspecified atom stereocenters. The van der Waals surface area contributed by atoms with Gasteiger partial charge >= 0.3 is 0 Å². The standard InChI is InChI=1S/C14H17BrN4O2S.ClH/c15-9-6-11(22-8-9)14-17-12(21-18-14)3-4-13(20)19-5-1-2-10(16)7-19;/h6,8,10H,1-5,7,16H2;1H. The lowest BCUT2D eigenvalue weighted by atomic mass is 10.1. The summed E-state index contributed by atoms with van der Waals surface area (Å²) in [5.74, 6) is 1.17. The van der Waals surface area contributed by atoms with E-state index in [0.717, 1.165) is 28.7 Å². The van der Waals surface area contributed by atoms with Gasteiger partial charge in [-0.05, 0) is 34.8 Å². The van der Waals surface area contributed by atoms with Gasteiger partial charge in [-0.3, -0.25) is 4.79 Å². The Morgan fingerprint density at radius 2 is 2.39 bits per heavy atom. The first-order valence-electron chi connectivity index (χ1n) is 7.22. The molecule has 6 nitrogen and oxygen atoms in total. The van der Waals surface area contributed by atoms with Gasteiger partial charge in [0.1, 0.15) is 0 Å². The summed E-state index contributed by atoms with van der Waals surface area (Å²) in [5, 5.41) is 5.93. The van der Waals surface area contributed by atoms with Crippen LogP contribution in [-0.4, -0.2) is 40.1 Å². The zero-order valence-electron chi connectivity index (χ0n) is 12.4. The Hall–Kier alpha value is -0.960. The zero-order chi connectivity index (χ0) is 15.5. The summed E-state index contributed by atoms with van der Waals surface area (Å²) in [6.45, 7) is 1.45. The highest BCUT2D eigenvalue weighted by Crippen LogP contribution is 2.27. The summed E-state index contributed by atoms with van der Waals surface area (Å²) in [7, 11) is 0. The van der Waals surface area contributed by atoms with E-state index in [1.807, 2.05) is 16.3 Å². The number of nitrogens with zero attached hydrogens (tertiary/aromatic N) is 3. The Morgan fingerprint density at radius 1 is 1.57 bits per heavy atom. The normalized spacial score (nSPS) is 17.8. The molecule has 3 rings (SSSR count). The second kappa shape index (κ2) is 8.23. The number of hydrogen-bond acceptors (Lipinski definition) is 6. The number of aryl methyl sites for hydroxylation is 1. The van der Waals surface area contributed by atoms with Gasteiger partial charge in [0.15, 0.2) is 0 Å². The SMILES string of the molecule is Cl.NC1CCCN(C(=O)CCc2nc(-c3cc(Br)cs3)no2)C1. The molecule has 9 heteroatoms. The highest BCUT2D eigenvalue weighted by Gasteiger charge is 2.21. The third-order valence-electron chi connectivity index (χ3n) is 3.62. The zero-order valence-corrected chi connectivity index (χ0v) is 15.6. The van der Waals surface area contributed by atoms with Crippen LogP contribution in [0, 0.1) is 0 Å². The predicted molar refractivity (Wildman–Crippen MR) is 94.7 cm³/mol. The Bertz CT molecular complexity index is 663. The maximum atomic E-state index is 12.2. The minimum Gasteiger partial charge on any atom is -0.341 e. The van der Waals surface area contributed by atoms with E-state index in [0.29, 0.717) is 31.1 Å². The fraction of sp³-hybridized carbons (Fsp3) is 0.500. The number of amides is 1. The first kappa shape index (κ1) is 18.4. The van der Waals surface area contributed by atoms with Crippen molar-refractivity contribution in [3.05, 3.63) is 21.8 Å². The molecule has 1 saturated heterocycles. The summed E-state index contributed by atoms with van der Waals surface area (Å²) in [6.07, 6.45) is 2.81. The van der Waals surface area contributed by atoms with E-state index in [1.165, 1.54) is 0 Å². The number of carbonyl (C=O) groups excluding carboxylic acids is 1. The largest absolute Gasteiger partial charge is 0.341 e. The Balaban J connectivity index is 0.00000192. The molecule has 1 aliphatic heterocycles. The average molecular weight is 422 g/mol. The van der Waals surface area contributed by atoms with Crippen molar-refractivity contribution in [2.24, 2.45) is 5.73 Å². The molecule has 0 radical (unpaired) electrons. The van der Waals surface area contributed by atoms with Gasteiger partial charge in [0.25, 0.3) is 0 Å². The summed E-state index contributed by atoms with van der Waals surface area (Å²) < 4.78 is 6.22. The molecule has 0 spiro atoms. The lowest BCUT2D eigenvalue weighted by molar-refractivity contribution is -0.132. The van der Waals surface area contributed by atoms with Gasteiger partial charge < -0.3 is 15.2 Å². The smallest absolute Gasteiger partial charge is 0.227 e. The molecule has 0 aliphatic carbocycles. The molecule has 3 heterocycles. The van der Waals surface area contributed by atoms with Gasteiger partial charge in [0.2, 0.25) is 17.6 Å². The quantitative estimate of drug-likeness (QED) is 0.820. The van der Waals surface area contributed by atoms with Gasteiger partial charge in [0, 0.05) is 41.8 Å². The van der Waals surface area contributed by atoms with Crippen LogP contribution in [0.4, 0.5) is 0 Å². The van der Waals surface area contributed by atoms with Crippen molar-refractivity contribution in [2.75, 3.05) is 13.1 Å². The van der Waals surface area contributed by atoms with Crippen molar-refractivity contribution in [1.29, 1.82) is 0 Å². The number of carbonyl (C=O) groups is 1. The van der Waals surface area contributed by atoms with Crippen LogP contribution in [0.15, 0.2) is 20.4 Å². The molecular formula is C14H18BrClN4O2S. The van der Waals surface area contributed by atoms with E-state index < -0.39 is 0 Å². The van der Waals surface area contributed by atoms with Crippen molar-refractivity contribution < 1.29 is 9.32 Å². The first-order valence-corrected chi connectivity index (χ1v) is 8.89. The minimum atomic E-state index is 0. The minimum absolute atomic E-state index is 0. The van der Waals surface area contributed by atoms with E-state index in [9.17, 15) is 4.79 Å². The van der Waals surface area contributed by atoms with E-state index in [2.05, 4.69) is 26.1 Å². The second-order valence-electron chi connectivity index (χ2n) is 5.38. The summed E-state index contributed by atoms with van der Waals surface area (Å²) in [6, 6.07) is 2.05. The van der Waals surface area contributed by atoms with Crippen molar-refractivity contribution in [3.8, 4) is 10.7 Å². The number of thiophene rings is 1. The van der Waals surface area contributed by atoms with Gasteiger partial charge in [-0.2, -0.15) is 4.98 Å². The lowest BCUT2D eigenvalue weighted by Gasteiger charge is -2.30.